The van der Waals surface area contributed by atoms with Crippen molar-refractivity contribution >= 4 is 31.9 Å². The number of benzene rings is 2. The lowest BCUT2D eigenvalue weighted by Crippen LogP contribution is -2.44. The first kappa shape index (κ1) is 23.5. The van der Waals surface area contributed by atoms with Gasteiger partial charge in [-0.05, 0) is 55.4 Å². The third-order valence-corrected chi connectivity index (χ3v) is 6.72. The van der Waals surface area contributed by atoms with Crippen molar-refractivity contribution in [3.05, 3.63) is 64.1 Å². The Morgan fingerprint density at radius 3 is 2.10 bits per heavy atom. The molecule has 0 aliphatic carbocycles. The molecule has 0 aromatic heterocycles. The summed E-state index contributed by atoms with van der Waals surface area (Å²) in [7, 11) is -3.76. The quantitative estimate of drug-likeness (QED) is 0.545. The number of nitrogens with zero attached hydrogens (tertiary/aromatic N) is 1. The number of hydrogen-bond donors (Lipinski definition) is 2. The van der Waals surface area contributed by atoms with Gasteiger partial charge < -0.3 is 5.32 Å². The van der Waals surface area contributed by atoms with Gasteiger partial charge in [0.1, 0.15) is 0 Å². The van der Waals surface area contributed by atoms with Gasteiger partial charge in [0.2, 0.25) is 15.9 Å². The molecule has 0 aliphatic rings. The van der Waals surface area contributed by atoms with E-state index < -0.39 is 16.1 Å². The van der Waals surface area contributed by atoms with Crippen LogP contribution in [0.5, 0.6) is 0 Å². The van der Waals surface area contributed by atoms with Gasteiger partial charge in [0, 0.05) is 17.6 Å². The fraction of sp³-hybridized carbons (Fsp3) is 0.381. The topological polar surface area (TPSA) is 78.5 Å². The molecule has 1 amide bonds. The summed E-state index contributed by atoms with van der Waals surface area (Å²) in [6.45, 7) is 9.05. The van der Waals surface area contributed by atoms with E-state index in [0.717, 1.165) is 29.7 Å². The fourth-order valence-corrected chi connectivity index (χ4v) is 4.25. The minimum absolute atomic E-state index is 0.115. The van der Waals surface area contributed by atoms with Gasteiger partial charge in [0.25, 0.3) is 0 Å². The number of rotatable bonds is 10. The average molecular weight is 482 g/mol. The van der Waals surface area contributed by atoms with Crippen LogP contribution >= 0.6 is 15.9 Å². The van der Waals surface area contributed by atoms with Gasteiger partial charge in [-0.15, -0.1) is 0 Å². The normalized spacial score (nSPS) is 12.7. The molecular formula is C21H28BrN3O3S. The summed E-state index contributed by atoms with van der Waals surface area (Å²) in [6, 6.07) is 13.4. The summed E-state index contributed by atoms with van der Waals surface area (Å²) in [4.78, 5) is 14.8. The highest BCUT2D eigenvalue weighted by Gasteiger charge is 2.21. The summed E-state index contributed by atoms with van der Waals surface area (Å²) in [6.07, 6.45) is 0. The van der Waals surface area contributed by atoms with Crippen LogP contribution in [-0.4, -0.2) is 38.4 Å². The van der Waals surface area contributed by atoms with Crippen LogP contribution in [0.3, 0.4) is 0 Å². The Labute approximate surface area is 181 Å². The number of amides is 1. The van der Waals surface area contributed by atoms with Crippen LogP contribution in [0, 0.1) is 0 Å². The van der Waals surface area contributed by atoms with Gasteiger partial charge in [0.15, 0.2) is 0 Å². The van der Waals surface area contributed by atoms with E-state index in [4.69, 9.17) is 0 Å². The zero-order chi connectivity index (χ0) is 21.4. The van der Waals surface area contributed by atoms with Crippen molar-refractivity contribution in [1.82, 2.24) is 14.9 Å². The molecule has 0 unspecified atom stereocenters. The number of carbonyl (C=O) groups is 1. The molecule has 0 fully saturated rings. The first-order valence-corrected chi connectivity index (χ1v) is 11.9. The smallest absolute Gasteiger partial charge is 0.241 e. The van der Waals surface area contributed by atoms with Crippen molar-refractivity contribution in [3.63, 3.8) is 0 Å². The van der Waals surface area contributed by atoms with E-state index in [1.807, 2.05) is 12.1 Å². The van der Waals surface area contributed by atoms with E-state index in [9.17, 15) is 13.2 Å². The van der Waals surface area contributed by atoms with Crippen molar-refractivity contribution in [2.45, 2.75) is 44.8 Å². The molecule has 0 saturated heterocycles. The Bertz CT molecular complexity index is 896. The fourth-order valence-electron chi connectivity index (χ4n) is 2.78. The molecule has 6 nitrogen and oxygen atoms in total. The standard InChI is InChI=1S/C21H28BrN3O3S/c1-4-25(5-2)15-18-8-6-17(7-9-18)14-23-21(26)16(3)24-29(27,28)20-12-10-19(22)11-13-20/h6-13,16,24H,4-5,14-15H2,1-3H3,(H,23,26)/t16-/m0/s1. The first-order chi connectivity index (χ1) is 13.7. The second-order valence-electron chi connectivity index (χ2n) is 6.79. The second-order valence-corrected chi connectivity index (χ2v) is 9.42. The number of sulfonamides is 1. The molecule has 0 bridgehead atoms. The maximum absolute atomic E-state index is 12.4. The largest absolute Gasteiger partial charge is 0.351 e. The maximum atomic E-state index is 12.4. The van der Waals surface area contributed by atoms with Crippen LogP contribution in [-0.2, 0) is 27.9 Å². The third-order valence-electron chi connectivity index (χ3n) is 4.64. The number of carbonyl (C=O) groups excluding carboxylic acids is 1. The average Bonchev–Trinajstić information content (AvgIpc) is 2.71. The first-order valence-electron chi connectivity index (χ1n) is 9.61. The number of halogens is 1. The van der Waals surface area contributed by atoms with Crippen LogP contribution in [0.2, 0.25) is 0 Å². The minimum Gasteiger partial charge on any atom is -0.351 e. The lowest BCUT2D eigenvalue weighted by molar-refractivity contribution is -0.122. The molecule has 2 aromatic carbocycles. The van der Waals surface area contributed by atoms with E-state index in [2.05, 4.69) is 56.8 Å². The van der Waals surface area contributed by atoms with Gasteiger partial charge in [-0.3, -0.25) is 9.69 Å². The lowest BCUT2D eigenvalue weighted by Gasteiger charge is -2.18. The monoisotopic (exact) mass is 481 g/mol. The molecule has 29 heavy (non-hydrogen) atoms. The molecule has 0 spiro atoms. The van der Waals surface area contributed by atoms with E-state index in [1.54, 1.807) is 12.1 Å². The minimum atomic E-state index is -3.76. The zero-order valence-corrected chi connectivity index (χ0v) is 19.4. The summed E-state index contributed by atoms with van der Waals surface area (Å²) >= 11 is 3.27. The second kappa shape index (κ2) is 10.9. The molecule has 8 heteroatoms. The van der Waals surface area contributed by atoms with Gasteiger partial charge in [-0.1, -0.05) is 54.0 Å². The van der Waals surface area contributed by atoms with Crippen LogP contribution in [0.4, 0.5) is 0 Å². The summed E-state index contributed by atoms with van der Waals surface area (Å²) in [5.41, 5.74) is 2.18. The van der Waals surface area contributed by atoms with Crippen molar-refractivity contribution < 1.29 is 13.2 Å². The third kappa shape index (κ3) is 7.22. The van der Waals surface area contributed by atoms with E-state index >= 15 is 0 Å². The Kier molecular flexibility index (Phi) is 8.82. The Morgan fingerprint density at radius 1 is 1.00 bits per heavy atom. The molecule has 0 aliphatic heterocycles. The Hall–Kier alpha value is -1.74. The molecule has 2 aromatic rings. The van der Waals surface area contributed by atoms with E-state index in [1.165, 1.54) is 24.6 Å². The van der Waals surface area contributed by atoms with E-state index in [0.29, 0.717) is 6.54 Å². The van der Waals surface area contributed by atoms with Crippen molar-refractivity contribution in [1.29, 1.82) is 0 Å². The SMILES string of the molecule is CCN(CC)Cc1ccc(CNC(=O)[C@H](C)NS(=O)(=O)c2ccc(Br)cc2)cc1. The van der Waals surface area contributed by atoms with Gasteiger partial charge in [-0.25, -0.2) is 8.42 Å². The predicted molar refractivity (Wildman–Crippen MR) is 119 cm³/mol. The highest BCUT2D eigenvalue weighted by atomic mass is 79.9. The lowest BCUT2D eigenvalue weighted by atomic mass is 10.1. The molecular weight excluding hydrogens is 454 g/mol. The number of nitrogens with one attached hydrogen (secondary N) is 2. The molecule has 2 N–H and O–H groups in total. The van der Waals surface area contributed by atoms with E-state index in [-0.39, 0.29) is 10.8 Å². The molecule has 2 rings (SSSR count). The maximum Gasteiger partial charge on any atom is 0.241 e. The highest BCUT2D eigenvalue weighted by molar-refractivity contribution is 9.10. The van der Waals surface area contributed by atoms with Crippen molar-refractivity contribution in [2.24, 2.45) is 0 Å². The van der Waals surface area contributed by atoms with Crippen LogP contribution in [0.1, 0.15) is 31.9 Å². The van der Waals surface area contributed by atoms with Gasteiger partial charge in [-0.2, -0.15) is 4.72 Å². The van der Waals surface area contributed by atoms with Crippen LogP contribution in [0.15, 0.2) is 57.9 Å². The summed E-state index contributed by atoms with van der Waals surface area (Å²) in [5.74, 6) is -0.377. The Morgan fingerprint density at radius 2 is 1.55 bits per heavy atom. The number of hydrogen-bond acceptors (Lipinski definition) is 4. The van der Waals surface area contributed by atoms with Gasteiger partial charge in [0.05, 0.1) is 10.9 Å². The predicted octanol–water partition coefficient (Wildman–Crippen LogP) is 3.27. The summed E-state index contributed by atoms with van der Waals surface area (Å²) in [5, 5.41) is 2.78. The van der Waals surface area contributed by atoms with Crippen LogP contribution in [0.25, 0.3) is 0 Å². The molecule has 158 valence electrons. The summed E-state index contributed by atoms with van der Waals surface area (Å²) < 4.78 is 28.0. The highest BCUT2D eigenvalue weighted by Crippen LogP contribution is 2.15. The molecule has 1 atom stereocenters. The molecule has 0 radical (unpaired) electrons. The molecule has 0 saturated carbocycles. The van der Waals surface area contributed by atoms with Crippen LogP contribution < -0.4 is 10.0 Å². The van der Waals surface area contributed by atoms with Crippen molar-refractivity contribution in [2.75, 3.05) is 13.1 Å². The zero-order valence-electron chi connectivity index (χ0n) is 17.0. The molecule has 0 heterocycles. The van der Waals surface area contributed by atoms with Gasteiger partial charge >= 0.3 is 0 Å². The van der Waals surface area contributed by atoms with Crippen molar-refractivity contribution in [3.8, 4) is 0 Å². The Balaban J connectivity index is 1.89.